The fraction of sp³-hybridized carbons (Fsp3) is 0.0426. The van der Waals surface area contributed by atoms with Crippen LogP contribution in [0, 0.1) is 5.92 Å². The molecule has 3 aromatic heterocycles. The highest BCUT2D eigenvalue weighted by atomic mass is 16.3. The number of allylic oxidation sites excluding steroid dienone is 5. The lowest BCUT2D eigenvalue weighted by Gasteiger charge is -2.26. The second-order valence-corrected chi connectivity index (χ2v) is 13.6. The molecule has 0 N–H and O–H groups in total. The second kappa shape index (κ2) is 11.3. The minimum atomic E-state index is 0.285. The molecule has 3 heterocycles. The molecule has 0 saturated carbocycles. The van der Waals surface area contributed by atoms with Crippen LogP contribution in [-0.4, -0.2) is 19.5 Å². The Morgan fingerprint density at radius 2 is 1.17 bits per heavy atom. The lowest BCUT2D eigenvalue weighted by Crippen LogP contribution is -2.13. The van der Waals surface area contributed by atoms with E-state index in [0.29, 0.717) is 23.4 Å². The number of benzene rings is 6. The van der Waals surface area contributed by atoms with Crippen LogP contribution in [0.5, 0.6) is 0 Å². The average molecular weight is 667 g/mol. The van der Waals surface area contributed by atoms with Crippen molar-refractivity contribution in [2.75, 3.05) is 0 Å². The Hall–Kier alpha value is -6.85. The van der Waals surface area contributed by atoms with Gasteiger partial charge in [-0.1, -0.05) is 127 Å². The minimum absolute atomic E-state index is 0.285. The highest BCUT2D eigenvalue weighted by molar-refractivity contribution is 6.11. The van der Waals surface area contributed by atoms with E-state index in [1.54, 1.807) is 0 Å². The first kappa shape index (κ1) is 28.9. The summed E-state index contributed by atoms with van der Waals surface area (Å²) in [4.78, 5) is 14.8. The van der Waals surface area contributed by atoms with E-state index >= 15 is 0 Å². The van der Waals surface area contributed by atoms with Crippen molar-refractivity contribution in [3.8, 4) is 39.9 Å². The zero-order chi connectivity index (χ0) is 34.2. The molecule has 0 aliphatic heterocycles. The van der Waals surface area contributed by atoms with E-state index in [9.17, 15) is 0 Å². The molecule has 0 bridgehead atoms. The third kappa shape index (κ3) is 4.46. The van der Waals surface area contributed by atoms with E-state index in [1.165, 1.54) is 32.9 Å². The molecule has 2 aliphatic carbocycles. The topological polar surface area (TPSA) is 56.7 Å². The molecule has 0 spiro atoms. The van der Waals surface area contributed by atoms with Gasteiger partial charge in [-0.3, -0.25) is 0 Å². The molecular formula is C47H30N4O. The van der Waals surface area contributed by atoms with Gasteiger partial charge in [0.2, 0.25) is 0 Å². The first-order valence-electron chi connectivity index (χ1n) is 17.7. The molecule has 0 fully saturated rings. The number of nitrogens with zero attached hydrogens (tertiary/aromatic N) is 4. The predicted molar refractivity (Wildman–Crippen MR) is 211 cm³/mol. The molecule has 52 heavy (non-hydrogen) atoms. The van der Waals surface area contributed by atoms with Crippen LogP contribution < -0.4 is 0 Å². The molecule has 0 saturated heterocycles. The van der Waals surface area contributed by atoms with Crippen LogP contribution in [0.25, 0.3) is 89.5 Å². The summed E-state index contributed by atoms with van der Waals surface area (Å²) in [6.45, 7) is 0. The number of fused-ring (bicyclic) bond motifs is 10. The van der Waals surface area contributed by atoms with Crippen molar-refractivity contribution in [1.29, 1.82) is 0 Å². The smallest absolute Gasteiger partial charge is 0.164 e. The van der Waals surface area contributed by atoms with Crippen LogP contribution >= 0.6 is 0 Å². The van der Waals surface area contributed by atoms with Crippen LogP contribution in [0.2, 0.25) is 0 Å². The standard InChI is InChI=1S/C47H30N4O/c1-3-13-31(14-4-1)45-48-46(32-15-5-2-6-16-32)50-47(49-45)33-19-23-37-38-24-22-34(28-42(38)52-41(37)27-33)51-39-25-20-29-11-7-9-17-35(29)43(39)44-36-18-10-8-12-30(36)21-26-40(44)51/h1-29,35H. The van der Waals surface area contributed by atoms with Gasteiger partial charge in [0.15, 0.2) is 17.5 Å². The highest BCUT2D eigenvalue weighted by Gasteiger charge is 2.31. The molecule has 5 nitrogen and oxygen atoms in total. The summed E-state index contributed by atoms with van der Waals surface area (Å²) in [6.07, 6.45) is 13.7. The van der Waals surface area contributed by atoms with Gasteiger partial charge in [0, 0.05) is 56.4 Å². The van der Waals surface area contributed by atoms with Gasteiger partial charge in [0.05, 0.1) is 11.2 Å². The second-order valence-electron chi connectivity index (χ2n) is 13.6. The van der Waals surface area contributed by atoms with Crippen LogP contribution in [-0.2, 0) is 0 Å². The lowest BCUT2D eigenvalue weighted by molar-refractivity contribution is 0.668. The molecule has 2 aliphatic rings. The van der Waals surface area contributed by atoms with E-state index in [1.807, 2.05) is 60.7 Å². The summed E-state index contributed by atoms with van der Waals surface area (Å²) < 4.78 is 9.08. The number of rotatable bonds is 4. The van der Waals surface area contributed by atoms with Gasteiger partial charge in [-0.15, -0.1) is 0 Å². The minimum Gasteiger partial charge on any atom is -0.456 e. The fourth-order valence-corrected chi connectivity index (χ4v) is 8.17. The maximum absolute atomic E-state index is 6.67. The van der Waals surface area contributed by atoms with E-state index in [2.05, 4.69) is 114 Å². The molecule has 2 atom stereocenters. The number of aromatic nitrogens is 4. The van der Waals surface area contributed by atoms with Crippen molar-refractivity contribution in [2.24, 2.45) is 5.92 Å². The Labute approximate surface area is 299 Å². The zero-order valence-corrected chi connectivity index (χ0v) is 28.0. The SMILES string of the molecule is C1=CC2C=Cc3c(c4c5ccccc5ccc4n3-c3ccc4c(c3)oc3cc(-c5nc(-c6ccccc6)nc(-c6ccccc6)n5)ccc34)C2C=C1. The summed E-state index contributed by atoms with van der Waals surface area (Å²) in [7, 11) is 0. The van der Waals surface area contributed by atoms with Gasteiger partial charge >= 0.3 is 0 Å². The maximum Gasteiger partial charge on any atom is 0.164 e. The first-order chi connectivity index (χ1) is 25.8. The molecule has 6 aromatic carbocycles. The molecule has 9 aromatic rings. The van der Waals surface area contributed by atoms with Crippen molar-refractivity contribution < 1.29 is 4.42 Å². The van der Waals surface area contributed by atoms with E-state index in [-0.39, 0.29) is 5.92 Å². The summed E-state index contributed by atoms with van der Waals surface area (Å²) in [5.74, 6) is 2.50. The van der Waals surface area contributed by atoms with Gasteiger partial charge in [-0.05, 0) is 52.7 Å². The third-order valence-corrected chi connectivity index (χ3v) is 10.6. The van der Waals surface area contributed by atoms with E-state index < -0.39 is 0 Å². The van der Waals surface area contributed by atoms with Gasteiger partial charge in [0.25, 0.3) is 0 Å². The predicted octanol–water partition coefficient (Wildman–Crippen LogP) is 11.7. The normalized spacial score (nSPS) is 16.2. The fourth-order valence-electron chi connectivity index (χ4n) is 8.17. The van der Waals surface area contributed by atoms with Gasteiger partial charge < -0.3 is 8.98 Å². The number of hydrogen-bond acceptors (Lipinski definition) is 4. The van der Waals surface area contributed by atoms with Crippen molar-refractivity contribution in [1.82, 2.24) is 19.5 Å². The van der Waals surface area contributed by atoms with Gasteiger partial charge in [0.1, 0.15) is 11.2 Å². The number of furan rings is 1. The summed E-state index contributed by atoms with van der Waals surface area (Å²) in [6, 6.07) is 46.2. The quantitative estimate of drug-likeness (QED) is 0.188. The molecule has 11 rings (SSSR count). The Morgan fingerprint density at radius 1 is 0.519 bits per heavy atom. The Morgan fingerprint density at radius 3 is 1.94 bits per heavy atom. The van der Waals surface area contributed by atoms with Crippen molar-refractivity contribution in [3.63, 3.8) is 0 Å². The van der Waals surface area contributed by atoms with Crippen molar-refractivity contribution >= 4 is 49.7 Å². The average Bonchev–Trinajstić information content (AvgIpc) is 3.76. The molecule has 2 unspecified atom stereocenters. The summed E-state index contributed by atoms with van der Waals surface area (Å²) in [5, 5.41) is 5.99. The molecule has 244 valence electrons. The Bertz CT molecular complexity index is 2910. The molecule has 0 radical (unpaired) electrons. The Balaban J connectivity index is 1.07. The maximum atomic E-state index is 6.67. The van der Waals surface area contributed by atoms with Crippen LogP contribution in [0.4, 0.5) is 0 Å². The van der Waals surface area contributed by atoms with Crippen LogP contribution in [0.15, 0.2) is 168 Å². The largest absolute Gasteiger partial charge is 0.456 e. The van der Waals surface area contributed by atoms with Gasteiger partial charge in [-0.2, -0.15) is 0 Å². The molecular weight excluding hydrogens is 637 g/mol. The van der Waals surface area contributed by atoms with E-state index in [4.69, 9.17) is 19.4 Å². The van der Waals surface area contributed by atoms with Gasteiger partial charge in [-0.25, -0.2) is 15.0 Å². The molecule has 5 heteroatoms. The molecule has 0 amide bonds. The third-order valence-electron chi connectivity index (χ3n) is 10.6. The van der Waals surface area contributed by atoms with Crippen LogP contribution in [0.3, 0.4) is 0 Å². The summed E-state index contributed by atoms with van der Waals surface area (Å²) in [5.41, 5.74) is 9.27. The first-order valence-corrected chi connectivity index (χ1v) is 17.7. The number of hydrogen-bond donors (Lipinski definition) is 0. The Kier molecular flexibility index (Phi) is 6.31. The highest BCUT2D eigenvalue weighted by Crippen LogP contribution is 2.47. The lowest BCUT2D eigenvalue weighted by atomic mass is 9.78. The monoisotopic (exact) mass is 666 g/mol. The van der Waals surface area contributed by atoms with Crippen molar-refractivity contribution in [3.05, 3.63) is 175 Å². The van der Waals surface area contributed by atoms with Crippen molar-refractivity contribution in [2.45, 2.75) is 5.92 Å². The van der Waals surface area contributed by atoms with Crippen LogP contribution in [0.1, 0.15) is 17.2 Å². The zero-order valence-electron chi connectivity index (χ0n) is 28.0. The van der Waals surface area contributed by atoms with E-state index in [0.717, 1.165) is 44.3 Å². The summed E-state index contributed by atoms with van der Waals surface area (Å²) >= 11 is 0.